The highest BCUT2D eigenvalue weighted by atomic mass is 32.2. The maximum atomic E-state index is 5.79. The minimum absolute atomic E-state index is 0.466. The number of pyridine rings is 1. The van der Waals surface area contributed by atoms with Gasteiger partial charge in [0.15, 0.2) is 0 Å². The van der Waals surface area contributed by atoms with Crippen molar-refractivity contribution >= 4 is 33.3 Å². The van der Waals surface area contributed by atoms with E-state index >= 15 is 0 Å². The van der Waals surface area contributed by atoms with Gasteiger partial charge in [0, 0.05) is 22.7 Å². The van der Waals surface area contributed by atoms with Gasteiger partial charge in [-0.15, -0.1) is 21.5 Å². The lowest BCUT2D eigenvalue weighted by atomic mass is 9.97. The number of aryl methyl sites for hydroxylation is 2. The second-order valence-corrected chi connectivity index (χ2v) is 7.81. The first-order chi connectivity index (χ1) is 12.4. The molecular formula is C17H13N5OS2. The summed E-state index contributed by atoms with van der Waals surface area (Å²) in [7, 11) is 0. The lowest BCUT2D eigenvalue weighted by molar-refractivity contribution is 0.465. The SMILES string of the molecule is c1cncc(-c2nnc(Sc3ncnc4sc5c(c34)CCCC5)o2)c1. The Bertz CT molecular complexity index is 1040. The predicted molar refractivity (Wildman–Crippen MR) is 95.7 cm³/mol. The van der Waals surface area contributed by atoms with Crippen LogP contribution >= 0.6 is 23.1 Å². The fourth-order valence-corrected chi connectivity index (χ4v) is 5.16. The molecule has 5 rings (SSSR count). The van der Waals surface area contributed by atoms with Crippen LogP contribution in [0.25, 0.3) is 21.7 Å². The quantitative estimate of drug-likeness (QED) is 0.503. The Balaban J connectivity index is 1.52. The second kappa shape index (κ2) is 6.20. The Labute approximate surface area is 151 Å². The third kappa shape index (κ3) is 2.71. The van der Waals surface area contributed by atoms with Crippen LogP contribution < -0.4 is 0 Å². The highest BCUT2D eigenvalue weighted by Gasteiger charge is 2.21. The molecule has 0 atom stereocenters. The van der Waals surface area contributed by atoms with Gasteiger partial charge in [-0.2, -0.15) is 0 Å². The van der Waals surface area contributed by atoms with Crippen molar-refractivity contribution in [1.82, 2.24) is 25.1 Å². The van der Waals surface area contributed by atoms with Gasteiger partial charge in [-0.25, -0.2) is 9.97 Å². The monoisotopic (exact) mass is 367 g/mol. The third-order valence-electron chi connectivity index (χ3n) is 4.22. The molecule has 124 valence electrons. The fraction of sp³-hybridized carbons (Fsp3) is 0.235. The van der Waals surface area contributed by atoms with Crippen molar-refractivity contribution < 1.29 is 4.42 Å². The minimum atomic E-state index is 0.466. The number of hydrogen-bond acceptors (Lipinski definition) is 8. The van der Waals surface area contributed by atoms with Gasteiger partial charge in [-0.3, -0.25) is 4.98 Å². The van der Waals surface area contributed by atoms with Gasteiger partial charge >= 0.3 is 0 Å². The summed E-state index contributed by atoms with van der Waals surface area (Å²) in [4.78, 5) is 15.5. The summed E-state index contributed by atoms with van der Waals surface area (Å²) in [6.45, 7) is 0. The van der Waals surface area contributed by atoms with E-state index in [1.54, 1.807) is 30.1 Å². The molecule has 1 aliphatic carbocycles. The molecule has 0 aromatic carbocycles. The summed E-state index contributed by atoms with van der Waals surface area (Å²) in [5.41, 5.74) is 2.21. The van der Waals surface area contributed by atoms with Crippen LogP contribution in [0.5, 0.6) is 0 Å². The van der Waals surface area contributed by atoms with Crippen LogP contribution in [-0.2, 0) is 12.8 Å². The van der Waals surface area contributed by atoms with Crippen LogP contribution in [-0.4, -0.2) is 25.1 Å². The zero-order valence-corrected chi connectivity index (χ0v) is 14.8. The van der Waals surface area contributed by atoms with Crippen molar-refractivity contribution in [1.29, 1.82) is 0 Å². The first-order valence-corrected chi connectivity index (χ1v) is 9.69. The molecule has 4 aromatic heterocycles. The molecule has 0 fully saturated rings. The standard InChI is InChI=1S/C17H13N5OS2/c1-2-6-12-11(5-1)13-15(24-12)19-9-20-16(13)25-17-22-21-14(23-17)10-4-3-7-18-8-10/h3-4,7-9H,1-2,5-6H2. The van der Waals surface area contributed by atoms with E-state index in [-0.39, 0.29) is 0 Å². The van der Waals surface area contributed by atoms with E-state index in [9.17, 15) is 0 Å². The maximum Gasteiger partial charge on any atom is 0.283 e. The first-order valence-electron chi connectivity index (χ1n) is 8.05. The summed E-state index contributed by atoms with van der Waals surface area (Å²) in [6, 6.07) is 3.74. The van der Waals surface area contributed by atoms with Crippen LogP contribution in [0.2, 0.25) is 0 Å². The summed E-state index contributed by atoms with van der Waals surface area (Å²) in [5.74, 6) is 0.466. The van der Waals surface area contributed by atoms with Gasteiger partial charge in [-0.05, 0) is 55.1 Å². The molecule has 1 aliphatic rings. The molecule has 0 saturated heterocycles. The summed E-state index contributed by atoms with van der Waals surface area (Å²) >= 11 is 3.19. The van der Waals surface area contributed by atoms with E-state index in [0.29, 0.717) is 11.1 Å². The molecular weight excluding hydrogens is 354 g/mol. The molecule has 6 nitrogen and oxygen atoms in total. The highest BCUT2D eigenvalue weighted by molar-refractivity contribution is 7.99. The zero-order chi connectivity index (χ0) is 16.6. The number of rotatable bonds is 3. The van der Waals surface area contributed by atoms with Crippen LogP contribution in [0.1, 0.15) is 23.3 Å². The van der Waals surface area contributed by atoms with Crippen LogP contribution in [0.3, 0.4) is 0 Å². The second-order valence-electron chi connectivity index (χ2n) is 5.79. The number of nitrogens with zero attached hydrogens (tertiary/aromatic N) is 5. The van der Waals surface area contributed by atoms with E-state index in [1.807, 2.05) is 12.1 Å². The largest absolute Gasteiger partial charge is 0.411 e. The van der Waals surface area contributed by atoms with Gasteiger partial charge in [-0.1, -0.05) is 0 Å². The van der Waals surface area contributed by atoms with Gasteiger partial charge in [0.1, 0.15) is 16.2 Å². The maximum absolute atomic E-state index is 5.79. The van der Waals surface area contributed by atoms with Gasteiger partial charge in [0.05, 0.1) is 5.56 Å². The average molecular weight is 367 g/mol. The van der Waals surface area contributed by atoms with Crippen molar-refractivity contribution in [3.63, 3.8) is 0 Å². The summed E-state index contributed by atoms with van der Waals surface area (Å²) in [5, 5.41) is 10.8. The van der Waals surface area contributed by atoms with Crippen molar-refractivity contribution in [2.24, 2.45) is 0 Å². The molecule has 0 saturated carbocycles. The van der Waals surface area contributed by atoms with Crippen molar-refractivity contribution in [3.05, 3.63) is 41.3 Å². The van der Waals surface area contributed by atoms with E-state index in [4.69, 9.17) is 4.42 Å². The highest BCUT2D eigenvalue weighted by Crippen LogP contribution is 2.40. The Morgan fingerprint density at radius 3 is 3.00 bits per heavy atom. The Kier molecular flexibility index (Phi) is 3.71. The van der Waals surface area contributed by atoms with E-state index in [1.165, 1.54) is 35.0 Å². The van der Waals surface area contributed by atoms with Crippen LogP contribution in [0.15, 0.2) is 45.5 Å². The zero-order valence-electron chi connectivity index (χ0n) is 13.2. The Hall–Kier alpha value is -2.32. The van der Waals surface area contributed by atoms with E-state index in [0.717, 1.165) is 33.6 Å². The van der Waals surface area contributed by atoms with Crippen molar-refractivity contribution in [3.8, 4) is 11.5 Å². The van der Waals surface area contributed by atoms with Gasteiger partial charge in [0.2, 0.25) is 5.89 Å². The number of thiophene rings is 1. The predicted octanol–water partition coefficient (Wildman–Crippen LogP) is 4.17. The molecule has 4 aromatic rings. The smallest absolute Gasteiger partial charge is 0.283 e. The molecule has 0 amide bonds. The Morgan fingerprint density at radius 2 is 2.08 bits per heavy atom. The molecule has 0 radical (unpaired) electrons. The van der Waals surface area contributed by atoms with Crippen LogP contribution in [0.4, 0.5) is 0 Å². The molecule has 0 bridgehead atoms. The number of fused-ring (bicyclic) bond motifs is 3. The molecule has 25 heavy (non-hydrogen) atoms. The average Bonchev–Trinajstić information content (AvgIpc) is 3.27. The van der Waals surface area contributed by atoms with E-state index in [2.05, 4.69) is 25.1 Å². The molecule has 4 heterocycles. The molecule has 0 spiro atoms. The van der Waals surface area contributed by atoms with Crippen LogP contribution in [0, 0.1) is 0 Å². The lowest BCUT2D eigenvalue weighted by Crippen LogP contribution is -1.98. The van der Waals surface area contributed by atoms with E-state index < -0.39 is 0 Å². The Morgan fingerprint density at radius 1 is 1.12 bits per heavy atom. The first kappa shape index (κ1) is 15.0. The normalized spacial score (nSPS) is 13.9. The topological polar surface area (TPSA) is 77.6 Å². The summed E-state index contributed by atoms with van der Waals surface area (Å²) < 4.78 is 5.79. The lowest BCUT2D eigenvalue weighted by Gasteiger charge is -2.10. The minimum Gasteiger partial charge on any atom is -0.411 e. The summed E-state index contributed by atoms with van der Waals surface area (Å²) in [6.07, 6.45) is 9.77. The van der Waals surface area contributed by atoms with Gasteiger partial charge < -0.3 is 4.42 Å². The third-order valence-corrected chi connectivity index (χ3v) is 6.26. The molecule has 0 aliphatic heterocycles. The van der Waals surface area contributed by atoms with Crippen molar-refractivity contribution in [2.45, 2.75) is 35.9 Å². The van der Waals surface area contributed by atoms with Crippen molar-refractivity contribution in [2.75, 3.05) is 0 Å². The molecule has 8 heteroatoms. The molecule has 0 N–H and O–H groups in total. The van der Waals surface area contributed by atoms with Gasteiger partial charge in [0.25, 0.3) is 5.22 Å². The fourth-order valence-electron chi connectivity index (χ4n) is 3.08. The molecule has 0 unspecified atom stereocenters. The number of aromatic nitrogens is 5. The number of hydrogen-bond donors (Lipinski definition) is 0.